The van der Waals surface area contributed by atoms with Gasteiger partial charge in [0.2, 0.25) is 5.91 Å². The number of amides is 1. The third-order valence-electron chi connectivity index (χ3n) is 4.18. The summed E-state index contributed by atoms with van der Waals surface area (Å²) in [6.45, 7) is 5.28. The zero-order valence-corrected chi connectivity index (χ0v) is 14.3. The molecule has 1 aromatic rings. The summed E-state index contributed by atoms with van der Waals surface area (Å²) in [5, 5.41) is 8.96. The average molecular weight is 335 g/mol. The summed E-state index contributed by atoms with van der Waals surface area (Å²) < 4.78 is 12.8. The van der Waals surface area contributed by atoms with E-state index in [1.807, 2.05) is 0 Å². The number of anilines is 1. The molecule has 7 heteroatoms. The number of guanidine groups is 1. The van der Waals surface area contributed by atoms with Gasteiger partial charge in [0.05, 0.1) is 6.54 Å². The van der Waals surface area contributed by atoms with Crippen molar-refractivity contribution in [2.45, 2.75) is 25.8 Å². The van der Waals surface area contributed by atoms with Crippen LogP contribution in [-0.4, -0.2) is 56.0 Å². The highest BCUT2D eigenvalue weighted by Gasteiger charge is 2.22. The Hall–Kier alpha value is -2.15. The monoisotopic (exact) mass is 335 g/mol. The Kier molecular flexibility index (Phi) is 6.99. The molecule has 1 unspecified atom stereocenters. The molecule has 1 fully saturated rings. The average Bonchev–Trinajstić information content (AvgIpc) is 3.04. The number of hydrogen-bond acceptors (Lipinski definition) is 3. The van der Waals surface area contributed by atoms with E-state index in [0.717, 1.165) is 19.6 Å². The molecule has 1 aliphatic rings. The van der Waals surface area contributed by atoms with Crippen LogP contribution in [0.4, 0.5) is 10.1 Å². The first-order valence-corrected chi connectivity index (χ1v) is 8.36. The zero-order chi connectivity index (χ0) is 17.4. The fourth-order valence-electron chi connectivity index (χ4n) is 2.88. The Bertz CT molecular complexity index is 561. The number of aliphatic imine (C=N–C) groups is 1. The van der Waals surface area contributed by atoms with Gasteiger partial charge in [-0.05, 0) is 50.2 Å². The smallest absolute Gasteiger partial charge is 0.243 e. The molecule has 6 nitrogen and oxygen atoms in total. The van der Waals surface area contributed by atoms with Crippen LogP contribution in [-0.2, 0) is 4.79 Å². The molecule has 1 atom stereocenters. The maximum atomic E-state index is 12.8. The number of nitrogens with one attached hydrogen (secondary N) is 3. The lowest BCUT2D eigenvalue weighted by Crippen LogP contribution is -2.46. The largest absolute Gasteiger partial charge is 0.355 e. The number of benzene rings is 1. The van der Waals surface area contributed by atoms with E-state index in [1.165, 1.54) is 37.1 Å². The zero-order valence-electron chi connectivity index (χ0n) is 14.3. The van der Waals surface area contributed by atoms with Crippen LogP contribution in [0.15, 0.2) is 29.3 Å². The first-order valence-electron chi connectivity index (χ1n) is 8.36. The molecule has 2 rings (SSSR count). The van der Waals surface area contributed by atoms with Crippen LogP contribution in [0.5, 0.6) is 0 Å². The van der Waals surface area contributed by atoms with E-state index in [9.17, 15) is 9.18 Å². The highest BCUT2D eigenvalue weighted by Crippen LogP contribution is 2.15. The van der Waals surface area contributed by atoms with Crippen LogP contribution in [0.25, 0.3) is 0 Å². The molecule has 1 heterocycles. The van der Waals surface area contributed by atoms with Gasteiger partial charge in [0.25, 0.3) is 0 Å². The summed E-state index contributed by atoms with van der Waals surface area (Å²) in [5.74, 6) is 0.0663. The highest BCUT2D eigenvalue weighted by atomic mass is 19.1. The second-order valence-corrected chi connectivity index (χ2v) is 5.79. The van der Waals surface area contributed by atoms with Crippen LogP contribution < -0.4 is 16.0 Å². The minimum Gasteiger partial charge on any atom is -0.355 e. The predicted octanol–water partition coefficient (Wildman–Crippen LogP) is 1.41. The van der Waals surface area contributed by atoms with Gasteiger partial charge in [-0.1, -0.05) is 6.92 Å². The van der Waals surface area contributed by atoms with E-state index in [0.29, 0.717) is 17.7 Å². The Morgan fingerprint density at radius 1 is 1.33 bits per heavy atom. The highest BCUT2D eigenvalue weighted by molar-refractivity contribution is 5.94. The quantitative estimate of drug-likeness (QED) is 0.543. The number of carbonyl (C=O) groups excluding carboxylic acids is 1. The van der Waals surface area contributed by atoms with E-state index >= 15 is 0 Å². The van der Waals surface area contributed by atoms with Crippen LogP contribution in [0, 0.1) is 5.82 Å². The Morgan fingerprint density at radius 3 is 2.75 bits per heavy atom. The lowest BCUT2D eigenvalue weighted by atomic mass is 10.2. The van der Waals surface area contributed by atoms with Gasteiger partial charge in [-0.2, -0.15) is 0 Å². The molecule has 1 aliphatic heterocycles. The molecule has 0 spiro atoms. The number of hydrogen-bond donors (Lipinski definition) is 3. The molecular weight excluding hydrogens is 309 g/mol. The van der Waals surface area contributed by atoms with Gasteiger partial charge in [0, 0.05) is 25.3 Å². The Balaban J connectivity index is 1.72. The summed E-state index contributed by atoms with van der Waals surface area (Å²) in [5.41, 5.74) is 0.565. The minimum atomic E-state index is -0.330. The number of halogens is 1. The van der Waals surface area contributed by atoms with Crippen molar-refractivity contribution in [2.75, 3.05) is 38.5 Å². The summed E-state index contributed by atoms with van der Waals surface area (Å²) in [7, 11) is 1.68. The number of likely N-dealkylation sites (N-methyl/N-ethyl adjacent to an activating group) is 1. The van der Waals surface area contributed by atoms with Gasteiger partial charge in [-0.3, -0.25) is 14.7 Å². The van der Waals surface area contributed by atoms with E-state index < -0.39 is 0 Å². The topological polar surface area (TPSA) is 68.8 Å². The van der Waals surface area contributed by atoms with Crippen molar-refractivity contribution in [3.05, 3.63) is 30.1 Å². The molecule has 132 valence electrons. The van der Waals surface area contributed by atoms with E-state index in [4.69, 9.17) is 0 Å². The molecule has 0 bridgehead atoms. The molecule has 24 heavy (non-hydrogen) atoms. The molecular formula is C17H26FN5O. The van der Waals surface area contributed by atoms with E-state index in [2.05, 4.69) is 32.8 Å². The number of nitrogens with zero attached hydrogens (tertiary/aromatic N) is 2. The Morgan fingerprint density at radius 2 is 2.08 bits per heavy atom. The van der Waals surface area contributed by atoms with Gasteiger partial charge in [-0.25, -0.2) is 4.39 Å². The van der Waals surface area contributed by atoms with Crippen LogP contribution in [0.3, 0.4) is 0 Å². The summed E-state index contributed by atoms with van der Waals surface area (Å²) in [4.78, 5) is 18.5. The normalized spacial score (nSPS) is 18.5. The molecule has 1 saturated heterocycles. The molecule has 1 amide bonds. The maximum absolute atomic E-state index is 12.8. The third kappa shape index (κ3) is 5.49. The van der Waals surface area contributed by atoms with Gasteiger partial charge < -0.3 is 16.0 Å². The summed E-state index contributed by atoms with van der Waals surface area (Å²) in [6, 6.07) is 6.19. The third-order valence-corrected chi connectivity index (χ3v) is 4.18. The second kappa shape index (κ2) is 9.22. The minimum absolute atomic E-state index is 0.0964. The molecule has 1 aromatic carbocycles. The van der Waals surface area contributed by atoms with Crippen molar-refractivity contribution in [3.8, 4) is 0 Å². The van der Waals surface area contributed by atoms with E-state index in [-0.39, 0.29) is 18.3 Å². The lowest BCUT2D eigenvalue weighted by molar-refractivity contribution is -0.115. The Labute approximate surface area is 142 Å². The van der Waals surface area contributed by atoms with Gasteiger partial charge in [-0.15, -0.1) is 0 Å². The van der Waals surface area contributed by atoms with E-state index in [1.54, 1.807) is 7.05 Å². The summed E-state index contributed by atoms with van der Waals surface area (Å²) >= 11 is 0. The number of rotatable bonds is 6. The van der Waals surface area contributed by atoms with Crippen molar-refractivity contribution in [1.82, 2.24) is 15.5 Å². The second-order valence-electron chi connectivity index (χ2n) is 5.79. The van der Waals surface area contributed by atoms with Crippen molar-refractivity contribution in [3.63, 3.8) is 0 Å². The molecule has 0 radical (unpaired) electrons. The van der Waals surface area contributed by atoms with Gasteiger partial charge in [0.15, 0.2) is 5.96 Å². The SMILES string of the molecule is CCN1CCCC1CNC(=NC)NCC(=O)Nc1ccc(F)cc1. The lowest BCUT2D eigenvalue weighted by Gasteiger charge is -2.23. The maximum Gasteiger partial charge on any atom is 0.243 e. The molecule has 3 N–H and O–H groups in total. The fourth-order valence-corrected chi connectivity index (χ4v) is 2.88. The molecule has 0 aliphatic carbocycles. The van der Waals surface area contributed by atoms with Crippen molar-refractivity contribution < 1.29 is 9.18 Å². The van der Waals surface area contributed by atoms with Gasteiger partial charge >= 0.3 is 0 Å². The van der Waals surface area contributed by atoms with Gasteiger partial charge in [0.1, 0.15) is 5.82 Å². The predicted molar refractivity (Wildman–Crippen MR) is 94.7 cm³/mol. The number of carbonyl (C=O) groups is 1. The van der Waals surface area contributed by atoms with Crippen molar-refractivity contribution in [2.24, 2.45) is 4.99 Å². The first-order chi connectivity index (χ1) is 11.6. The molecule has 0 saturated carbocycles. The fraction of sp³-hybridized carbons (Fsp3) is 0.529. The first kappa shape index (κ1) is 18.2. The van der Waals surface area contributed by atoms with Crippen molar-refractivity contribution >= 4 is 17.6 Å². The van der Waals surface area contributed by atoms with Crippen LogP contribution in [0.2, 0.25) is 0 Å². The molecule has 0 aromatic heterocycles. The summed E-state index contributed by atoms with van der Waals surface area (Å²) in [6.07, 6.45) is 2.41. The standard InChI is InChI=1S/C17H26FN5O/c1-3-23-10-4-5-15(23)11-20-17(19-2)21-12-16(24)22-14-8-6-13(18)7-9-14/h6-9,15H,3-5,10-12H2,1-2H3,(H,22,24)(H2,19,20,21). The van der Waals surface area contributed by atoms with Crippen LogP contribution in [0.1, 0.15) is 19.8 Å². The number of likely N-dealkylation sites (tertiary alicyclic amines) is 1. The van der Waals surface area contributed by atoms with Crippen molar-refractivity contribution in [1.29, 1.82) is 0 Å². The van der Waals surface area contributed by atoms with Crippen LogP contribution >= 0.6 is 0 Å².